The van der Waals surface area contributed by atoms with Crippen molar-refractivity contribution < 1.29 is 8.78 Å². The fourth-order valence-electron chi connectivity index (χ4n) is 1.51. The smallest absolute Gasteiger partial charge is 0.162 e. The van der Waals surface area contributed by atoms with Crippen molar-refractivity contribution in [1.29, 1.82) is 0 Å². The number of halogens is 2. The van der Waals surface area contributed by atoms with Gasteiger partial charge in [0.05, 0.1) is 0 Å². The van der Waals surface area contributed by atoms with Gasteiger partial charge in [-0.25, -0.2) is 8.78 Å². The Bertz CT molecular complexity index is 312. The first-order chi connectivity index (χ1) is 7.16. The van der Waals surface area contributed by atoms with Gasteiger partial charge < -0.3 is 5.32 Å². The molecule has 1 aromatic carbocycles. The van der Waals surface area contributed by atoms with Gasteiger partial charge in [0.15, 0.2) is 11.6 Å². The van der Waals surface area contributed by atoms with Crippen LogP contribution in [0.4, 0.5) is 8.78 Å². The van der Waals surface area contributed by atoms with Gasteiger partial charge >= 0.3 is 0 Å². The molecular weight excluding hydrogens is 196 g/mol. The molecule has 0 saturated carbocycles. The predicted octanol–water partition coefficient (Wildman–Crippen LogP) is 3.07. The molecule has 0 saturated heterocycles. The number of hydrogen-bond acceptors (Lipinski definition) is 1. The summed E-state index contributed by atoms with van der Waals surface area (Å²) >= 11 is 0. The van der Waals surface area contributed by atoms with Gasteiger partial charge in [0.2, 0.25) is 0 Å². The number of rotatable bonds is 5. The molecule has 1 unspecified atom stereocenters. The first-order valence-electron chi connectivity index (χ1n) is 5.31. The molecule has 1 aromatic rings. The standard InChI is InChI=1S/C12H17F2N/c1-3-7-15-8-9(2)10-5-4-6-11(13)12(10)14/h4-6,9,15H,3,7-8H2,1-2H3. The minimum atomic E-state index is -0.769. The van der Waals surface area contributed by atoms with Gasteiger partial charge in [-0.3, -0.25) is 0 Å². The molecule has 1 atom stereocenters. The van der Waals surface area contributed by atoms with Crippen molar-refractivity contribution in [3.63, 3.8) is 0 Å². The zero-order valence-electron chi connectivity index (χ0n) is 9.19. The second kappa shape index (κ2) is 5.81. The van der Waals surface area contributed by atoms with Gasteiger partial charge in [0.1, 0.15) is 0 Å². The Hall–Kier alpha value is -0.960. The van der Waals surface area contributed by atoms with E-state index in [2.05, 4.69) is 12.2 Å². The molecule has 0 radical (unpaired) electrons. The van der Waals surface area contributed by atoms with Crippen molar-refractivity contribution in [2.75, 3.05) is 13.1 Å². The summed E-state index contributed by atoms with van der Waals surface area (Å²) in [6.07, 6.45) is 1.04. The van der Waals surface area contributed by atoms with E-state index in [0.29, 0.717) is 12.1 Å². The van der Waals surface area contributed by atoms with Crippen LogP contribution in [0.5, 0.6) is 0 Å². The monoisotopic (exact) mass is 213 g/mol. The van der Waals surface area contributed by atoms with E-state index in [1.807, 2.05) is 6.92 Å². The predicted molar refractivity (Wildman–Crippen MR) is 57.9 cm³/mol. The highest BCUT2D eigenvalue weighted by Gasteiger charge is 2.13. The molecule has 84 valence electrons. The average Bonchev–Trinajstić information content (AvgIpc) is 2.22. The molecule has 0 aromatic heterocycles. The van der Waals surface area contributed by atoms with Crippen LogP contribution in [0.2, 0.25) is 0 Å². The van der Waals surface area contributed by atoms with E-state index in [4.69, 9.17) is 0 Å². The molecule has 0 aliphatic carbocycles. The molecule has 15 heavy (non-hydrogen) atoms. The molecule has 0 amide bonds. The molecule has 0 heterocycles. The van der Waals surface area contributed by atoms with E-state index in [1.54, 1.807) is 12.1 Å². The summed E-state index contributed by atoms with van der Waals surface area (Å²) in [6, 6.07) is 4.33. The van der Waals surface area contributed by atoms with Crippen LogP contribution >= 0.6 is 0 Å². The van der Waals surface area contributed by atoms with Gasteiger partial charge in [-0.2, -0.15) is 0 Å². The van der Waals surface area contributed by atoms with Crippen LogP contribution < -0.4 is 5.32 Å². The Morgan fingerprint density at radius 2 is 2.07 bits per heavy atom. The molecule has 0 spiro atoms. The summed E-state index contributed by atoms with van der Waals surface area (Å²) < 4.78 is 26.3. The lowest BCUT2D eigenvalue weighted by atomic mass is 10.0. The highest BCUT2D eigenvalue weighted by molar-refractivity contribution is 5.22. The normalized spacial score (nSPS) is 12.8. The Morgan fingerprint density at radius 1 is 1.33 bits per heavy atom. The SMILES string of the molecule is CCCNCC(C)c1cccc(F)c1F. The minimum absolute atomic E-state index is 0.00718. The van der Waals surface area contributed by atoms with E-state index in [0.717, 1.165) is 19.0 Å². The average molecular weight is 213 g/mol. The van der Waals surface area contributed by atoms with E-state index in [1.165, 1.54) is 0 Å². The van der Waals surface area contributed by atoms with Crippen molar-refractivity contribution in [2.24, 2.45) is 0 Å². The number of hydrogen-bond donors (Lipinski definition) is 1. The summed E-state index contributed by atoms with van der Waals surface area (Å²) in [5.74, 6) is -1.50. The van der Waals surface area contributed by atoms with Gasteiger partial charge in [-0.15, -0.1) is 0 Å². The third kappa shape index (κ3) is 3.27. The number of nitrogens with one attached hydrogen (secondary N) is 1. The minimum Gasteiger partial charge on any atom is -0.316 e. The first-order valence-corrected chi connectivity index (χ1v) is 5.31. The Labute approximate surface area is 89.5 Å². The second-order valence-electron chi connectivity index (χ2n) is 3.75. The molecule has 0 aliphatic rings. The zero-order valence-corrected chi connectivity index (χ0v) is 9.19. The first kappa shape index (κ1) is 12.1. The Kier molecular flexibility index (Phi) is 4.69. The molecule has 1 nitrogen and oxygen atoms in total. The fraction of sp³-hybridized carbons (Fsp3) is 0.500. The highest BCUT2D eigenvalue weighted by Crippen LogP contribution is 2.20. The van der Waals surface area contributed by atoms with Crippen molar-refractivity contribution in [3.05, 3.63) is 35.4 Å². The van der Waals surface area contributed by atoms with Crippen LogP contribution in [0.15, 0.2) is 18.2 Å². The third-order valence-corrected chi connectivity index (χ3v) is 2.39. The van der Waals surface area contributed by atoms with Gasteiger partial charge in [-0.1, -0.05) is 26.0 Å². The maximum absolute atomic E-state index is 13.4. The molecule has 1 N–H and O–H groups in total. The summed E-state index contributed by atoms with van der Waals surface area (Å²) in [5, 5.41) is 3.19. The lowest BCUT2D eigenvalue weighted by molar-refractivity contribution is 0.485. The van der Waals surface area contributed by atoms with Crippen LogP contribution in [-0.4, -0.2) is 13.1 Å². The van der Waals surface area contributed by atoms with Gasteiger partial charge in [-0.05, 0) is 30.5 Å². The maximum Gasteiger partial charge on any atom is 0.162 e. The zero-order chi connectivity index (χ0) is 11.3. The van der Waals surface area contributed by atoms with Gasteiger partial charge in [0.25, 0.3) is 0 Å². The second-order valence-corrected chi connectivity index (χ2v) is 3.75. The molecule has 0 fully saturated rings. The van der Waals surface area contributed by atoms with Crippen LogP contribution in [-0.2, 0) is 0 Å². The lowest BCUT2D eigenvalue weighted by Gasteiger charge is -2.13. The van der Waals surface area contributed by atoms with Crippen molar-refractivity contribution in [3.8, 4) is 0 Å². The van der Waals surface area contributed by atoms with Crippen LogP contribution in [0.25, 0.3) is 0 Å². The fourth-order valence-corrected chi connectivity index (χ4v) is 1.51. The lowest BCUT2D eigenvalue weighted by Crippen LogP contribution is -2.21. The summed E-state index contributed by atoms with van der Waals surface area (Å²) in [7, 11) is 0. The molecule has 1 rings (SSSR count). The van der Waals surface area contributed by atoms with Crippen LogP contribution in [0.3, 0.4) is 0 Å². The molecule has 3 heteroatoms. The summed E-state index contributed by atoms with van der Waals surface area (Å²) in [5.41, 5.74) is 0.443. The number of benzene rings is 1. The topological polar surface area (TPSA) is 12.0 Å². The summed E-state index contributed by atoms with van der Waals surface area (Å²) in [6.45, 7) is 5.54. The van der Waals surface area contributed by atoms with E-state index in [9.17, 15) is 8.78 Å². The van der Waals surface area contributed by atoms with Crippen LogP contribution in [0.1, 0.15) is 31.7 Å². The van der Waals surface area contributed by atoms with Crippen molar-refractivity contribution in [2.45, 2.75) is 26.2 Å². The van der Waals surface area contributed by atoms with Gasteiger partial charge in [0, 0.05) is 6.54 Å². The maximum atomic E-state index is 13.4. The molecular formula is C12H17F2N. The third-order valence-electron chi connectivity index (χ3n) is 2.39. The van der Waals surface area contributed by atoms with Crippen LogP contribution in [0, 0.1) is 11.6 Å². The quantitative estimate of drug-likeness (QED) is 0.741. The van der Waals surface area contributed by atoms with E-state index in [-0.39, 0.29) is 5.92 Å². The van der Waals surface area contributed by atoms with E-state index < -0.39 is 11.6 Å². The Morgan fingerprint density at radius 3 is 2.73 bits per heavy atom. The van der Waals surface area contributed by atoms with E-state index >= 15 is 0 Å². The van der Waals surface area contributed by atoms with Crippen molar-refractivity contribution >= 4 is 0 Å². The Balaban J connectivity index is 2.65. The molecule has 0 bridgehead atoms. The molecule has 0 aliphatic heterocycles. The largest absolute Gasteiger partial charge is 0.316 e. The van der Waals surface area contributed by atoms with Crippen molar-refractivity contribution in [1.82, 2.24) is 5.32 Å². The highest BCUT2D eigenvalue weighted by atomic mass is 19.2. The summed E-state index contributed by atoms with van der Waals surface area (Å²) in [4.78, 5) is 0.